The molecule has 8 heteroatoms. The second-order valence-electron chi connectivity index (χ2n) is 6.40. The first-order valence-corrected chi connectivity index (χ1v) is 9.54. The number of aryl methyl sites for hydroxylation is 3. The molecule has 0 saturated carbocycles. The molecule has 0 bridgehead atoms. The van der Waals surface area contributed by atoms with Crippen LogP contribution in [0.2, 0.25) is 0 Å². The van der Waals surface area contributed by atoms with Gasteiger partial charge in [-0.15, -0.1) is 11.3 Å². The quantitative estimate of drug-likeness (QED) is 0.549. The zero-order chi connectivity index (χ0) is 19.0. The fourth-order valence-electron chi connectivity index (χ4n) is 3.13. The van der Waals surface area contributed by atoms with Gasteiger partial charge in [0.05, 0.1) is 22.3 Å². The number of primary amides is 1. The number of rotatable bonds is 6. The number of aromatic nitrogens is 4. The van der Waals surface area contributed by atoms with Crippen molar-refractivity contribution in [2.45, 2.75) is 33.2 Å². The van der Waals surface area contributed by atoms with Gasteiger partial charge in [-0.25, -0.2) is 9.97 Å². The number of nitrogens with zero attached hydrogens (tertiary/aromatic N) is 4. The van der Waals surface area contributed by atoms with Crippen LogP contribution in [0.1, 0.15) is 24.2 Å². The molecule has 0 atom stereocenters. The van der Waals surface area contributed by atoms with E-state index >= 15 is 0 Å². The fourth-order valence-corrected chi connectivity index (χ4v) is 3.78. The Balaban J connectivity index is 1.69. The van der Waals surface area contributed by atoms with Gasteiger partial charge in [-0.1, -0.05) is 6.07 Å². The van der Waals surface area contributed by atoms with Crippen molar-refractivity contribution in [2.24, 2.45) is 5.73 Å². The lowest BCUT2D eigenvalue weighted by atomic mass is 10.1. The molecule has 0 radical (unpaired) electrons. The number of thiophene rings is 1. The molecule has 4 aromatic heterocycles. The molecule has 4 rings (SSSR count). The van der Waals surface area contributed by atoms with Gasteiger partial charge < -0.3 is 10.2 Å². The van der Waals surface area contributed by atoms with E-state index in [1.807, 2.05) is 42.1 Å². The van der Waals surface area contributed by atoms with Crippen molar-refractivity contribution in [3.05, 3.63) is 41.1 Å². The summed E-state index contributed by atoms with van der Waals surface area (Å²) in [5.74, 6) is 1.05. The summed E-state index contributed by atoms with van der Waals surface area (Å²) < 4.78 is 7.71. The molecule has 0 saturated heterocycles. The number of oxazole rings is 1. The van der Waals surface area contributed by atoms with E-state index in [-0.39, 0.29) is 5.91 Å². The van der Waals surface area contributed by atoms with Gasteiger partial charge in [0.1, 0.15) is 17.0 Å². The van der Waals surface area contributed by atoms with E-state index in [1.54, 1.807) is 17.5 Å². The van der Waals surface area contributed by atoms with Gasteiger partial charge in [0.25, 0.3) is 0 Å². The maximum atomic E-state index is 10.9. The zero-order valence-electron chi connectivity index (χ0n) is 15.1. The average molecular weight is 381 g/mol. The van der Waals surface area contributed by atoms with Crippen molar-refractivity contribution in [3.63, 3.8) is 0 Å². The minimum absolute atomic E-state index is 0.299. The zero-order valence-corrected chi connectivity index (χ0v) is 15.9. The van der Waals surface area contributed by atoms with E-state index in [4.69, 9.17) is 15.1 Å². The number of fused-ring (bicyclic) bond motifs is 1. The lowest BCUT2D eigenvalue weighted by Gasteiger charge is -2.06. The fraction of sp³-hybridized carbons (Fsp3) is 0.263. The SMILES string of the molecule is Cc1oc(-c2cccs2)nc1-c1cc(C)c2c(cnn2CCCC(N)=O)n1. The summed E-state index contributed by atoms with van der Waals surface area (Å²) >= 11 is 1.59. The number of hydrogen-bond donors (Lipinski definition) is 1. The molecule has 7 nitrogen and oxygen atoms in total. The van der Waals surface area contributed by atoms with E-state index in [0.717, 1.165) is 38.6 Å². The minimum Gasteiger partial charge on any atom is -0.440 e. The molecule has 0 aliphatic carbocycles. The molecule has 0 spiro atoms. The highest BCUT2D eigenvalue weighted by molar-refractivity contribution is 7.13. The van der Waals surface area contributed by atoms with Gasteiger partial charge >= 0.3 is 0 Å². The molecule has 0 unspecified atom stereocenters. The van der Waals surface area contributed by atoms with Crippen LogP contribution in [0.5, 0.6) is 0 Å². The first kappa shape index (κ1) is 17.4. The molecule has 27 heavy (non-hydrogen) atoms. The maximum Gasteiger partial charge on any atom is 0.237 e. The molecule has 0 aliphatic heterocycles. The summed E-state index contributed by atoms with van der Waals surface area (Å²) in [6, 6.07) is 5.95. The maximum absolute atomic E-state index is 10.9. The van der Waals surface area contributed by atoms with E-state index in [0.29, 0.717) is 25.3 Å². The van der Waals surface area contributed by atoms with Gasteiger partial charge in [0.15, 0.2) is 0 Å². The van der Waals surface area contributed by atoms with Gasteiger partial charge in [-0.05, 0) is 43.3 Å². The highest BCUT2D eigenvalue weighted by Gasteiger charge is 2.17. The molecule has 0 aliphatic rings. The second-order valence-corrected chi connectivity index (χ2v) is 7.34. The van der Waals surface area contributed by atoms with Crippen molar-refractivity contribution in [3.8, 4) is 22.2 Å². The Morgan fingerprint density at radius 2 is 2.19 bits per heavy atom. The second kappa shape index (κ2) is 6.96. The molecular formula is C19H19N5O2S. The van der Waals surface area contributed by atoms with Gasteiger partial charge in [0, 0.05) is 13.0 Å². The summed E-state index contributed by atoms with van der Waals surface area (Å²) in [4.78, 5) is 21.3. The van der Waals surface area contributed by atoms with Crippen LogP contribution in [-0.4, -0.2) is 25.7 Å². The summed E-state index contributed by atoms with van der Waals surface area (Å²) in [5, 5.41) is 6.41. The van der Waals surface area contributed by atoms with Crippen LogP contribution < -0.4 is 5.73 Å². The van der Waals surface area contributed by atoms with E-state index < -0.39 is 0 Å². The lowest BCUT2D eigenvalue weighted by Crippen LogP contribution is -2.12. The predicted molar refractivity (Wildman–Crippen MR) is 104 cm³/mol. The van der Waals surface area contributed by atoms with Crippen LogP contribution in [0.3, 0.4) is 0 Å². The lowest BCUT2D eigenvalue weighted by molar-refractivity contribution is -0.118. The Morgan fingerprint density at radius 3 is 2.93 bits per heavy atom. The summed E-state index contributed by atoms with van der Waals surface area (Å²) in [5.41, 5.74) is 9.52. The normalized spacial score (nSPS) is 11.3. The third-order valence-corrected chi connectivity index (χ3v) is 5.21. The van der Waals surface area contributed by atoms with Crippen molar-refractivity contribution < 1.29 is 9.21 Å². The highest BCUT2D eigenvalue weighted by atomic mass is 32.1. The Morgan fingerprint density at radius 1 is 1.33 bits per heavy atom. The molecular weight excluding hydrogens is 362 g/mol. The van der Waals surface area contributed by atoms with E-state index in [2.05, 4.69) is 10.1 Å². The number of nitrogens with two attached hydrogens (primary N) is 1. The van der Waals surface area contributed by atoms with Crippen LogP contribution in [0, 0.1) is 13.8 Å². The number of amides is 1. The van der Waals surface area contributed by atoms with Crippen molar-refractivity contribution in [1.29, 1.82) is 0 Å². The third kappa shape index (κ3) is 3.35. The van der Waals surface area contributed by atoms with Crippen LogP contribution in [0.4, 0.5) is 0 Å². The van der Waals surface area contributed by atoms with Crippen LogP contribution in [0.25, 0.3) is 33.2 Å². The van der Waals surface area contributed by atoms with Crippen LogP contribution >= 0.6 is 11.3 Å². The largest absolute Gasteiger partial charge is 0.440 e. The minimum atomic E-state index is -0.299. The number of carbonyl (C=O) groups excluding carboxylic acids is 1. The first-order valence-electron chi connectivity index (χ1n) is 8.66. The molecule has 4 heterocycles. The first-order chi connectivity index (χ1) is 13.0. The van der Waals surface area contributed by atoms with Crippen molar-refractivity contribution in [2.75, 3.05) is 0 Å². The van der Waals surface area contributed by atoms with E-state index in [1.165, 1.54) is 0 Å². The monoisotopic (exact) mass is 381 g/mol. The number of carbonyl (C=O) groups is 1. The van der Waals surface area contributed by atoms with E-state index in [9.17, 15) is 4.79 Å². The van der Waals surface area contributed by atoms with Gasteiger partial charge in [-0.2, -0.15) is 5.10 Å². The Bertz CT molecular complexity index is 1110. The molecule has 138 valence electrons. The molecule has 4 aromatic rings. The van der Waals surface area contributed by atoms with Gasteiger partial charge in [0.2, 0.25) is 11.8 Å². The highest BCUT2D eigenvalue weighted by Crippen LogP contribution is 2.31. The van der Waals surface area contributed by atoms with Crippen LogP contribution in [-0.2, 0) is 11.3 Å². The molecule has 2 N–H and O–H groups in total. The van der Waals surface area contributed by atoms with Crippen LogP contribution in [0.15, 0.2) is 34.2 Å². The molecule has 0 fully saturated rings. The predicted octanol–water partition coefficient (Wildman–Crippen LogP) is 3.70. The third-order valence-electron chi connectivity index (χ3n) is 4.35. The van der Waals surface area contributed by atoms with Crippen molar-refractivity contribution >= 4 is 28.3 Å². The smallest absolute Gasteiger partial charge is 0.237 e. The Kier molecular flexibility index (Phi) is 4.49. The molecule has 1 amide bonds. The number of hydrogen-bond acceptors (Lipinski definition) is 6. The standard InChI is InChI=1S/C19H19N5O2S/c1-11-9-13(17-12(2)26-19(23-17)15-5-4-8-27-15)22-14-10-21-24(18(11)14)7-3-6-16(20)25/h4-5,8-10H,3,6-7H2,1-2H3,(H2,20,25). The summed E-state index contributed by atoms with van der Waals surface area (Å²) in [7, 11) is 0. The molecule has 0 aromatic carbocycles. The Labute approximate surface area is 159 Å². The number of pyridine rings is 1. The Hall–Kier alpha value is -3.00. The van der Waals surface area contributed by atoms with Crippen molar-refractivity contribution in [1.82, 2.24) is 19.7 Å². The average Bonchev–Trinajstić information content (AvgIpc) is 3.34. The summed E-state index contributed by atoms with van der Waals surface area (Å²) in [6.45, 7) is 4.54. The summed E-state index contributed by atoms with van der Waals surface area (Å²) in [6.07, 6.45) is 2.74. The topological polar surface area (TPSA) is 99.8 Å². The van der Waals surface area contributed by atoms with Gasteiger partial charge in [-0.3, -0.25) is 9.48 Å².